The lowest BCUT2D eigenvalue weighted by Gasteiger charge is -2.16. The van der Waals surface area contributed by atoms with Crippen molar-refractivity contribution in [3.63, 3.8) is 0 Å². The SMILES string of the molecule is Cc1cccc(C(C)Nc2cccc(F)c2F)c1. The van der Waals surface area contributed by atoms with Gasteiger partial charge in [-0.25, -0.2) is 8.78 Å². The fourth-order valence-corrected chi connectivity index (χ4v) is 1.87. The summed E-state index contributed by atoms with van der Waals surface area (Å²) in [5.41, 5.74) is 2.36. The Labute approximate surface area is 105 Å². The Hall–Kier alpha value is -1.90. The van der Waals surface area contributed by atoms with Gasteiger partial charge in [-0.3, -0.25) is 0 Å². The summed E-state index contributed by atoms with van der Waals surface area (Å²) in [6, 6.07) is 12.0. The Morgan fingerprint density at radius 2 is 1.78 bits per heavy atom. The number of aryl methyl sites for hydroxylation is 1. The maximum Gasteiger partial charge on any atom is 0.181 e. The molecule has 0 spiro atoms. The molecule has 2 rings (SSSR count). The smallest absolute Gasteiger partial charge is 0.181 e. The third-order valence-electron chi connectivity index (χ3n) is 2.87. The van der Waals surface area contributed by atoms with E-state index in [-0.39, 0.29) is 11.7 Å². The first-order valence-corrected chi connectivity index (χ1v) is 5.85. The molecule has 0 aromatic heterocycles. The van der Waals surface area contributed by atoms with Gasteiger partial charge in [0, 0.05) is 6.04 Å². The molecular weight excluding hydrogens is 232 g/mol. The second-order valence-electron chi connectivity index (χ2n) is 4.38. The Morgan fingerprint density at radius 1 is 1.06 bits per heavy atom. The van der Waals surface area contributed by atoms with Crippen LogP contribution in [-0.2, 0) is 0 Å². The predicted molar refractivity (Wildman–Crippen MR) is 69.6 cm³/mol. The first-order chi connectivity index (χ1) is 8.58. The number of benzene rings is 2. The van der Waals surface area contributed by atoms with Crippen molar-refractivity contribution in [2.45, 2.75) is 19.9 Å². The molecule has 3 heteroatoms. The van der Waals surface area contributed by atoms with Gasteiger partial charge in [0.05, 0.1) is 5.69 Å². The first-order valence-electron chi connectivity index (χ1n) is 5.85. The molecule has 0 saturated heterocycles. The highest BCUT2D eigenvalue weighted by atomic mass is 19.2. The van der Waals surface area contributed by atoms with Gasteiger partial charge in [0.1, 0.15) is 0 Å². The summed E-state index contributed by atoms with van der Waals surface area (Å²) in [6.07, 6.45) is 0. The van der Waals surface area contributed by atoms with E-state index in [2.05, 4.69) is 5.32 Å². The molecule has 1 unspecified atom stereocenters. The summed E-state index contributed by atoms with van der Waals surface area (Å²) >= 11 is 0. The predicted octanol–water partition coefficient (Wildman–Crippen LogP) is 4.45. The van der Waals surface area contributed by atoms with Crippen LogP contribution in [0.4, 0.5) is 14.5 Å². The zero-order valence-electron chi connectivity index (χ0n) is 10.4. The number of hydrogen-bond donors (Lipinski definition) is 1. The monoisotopic (exact) mass is 247 g/mol. The van der Waals surface area contributed by atoms with Gasteiger partial charge in [-0.2, -0.15) is 0 Å². The molecule has 1 atom stereocenters. The number of anilines is 1. The lowest BCUT2D eigenvalue weighted by Crippen LogP contribution is -2.08. The number of hydrogen-bond acceptors (Lipinski definition) is 1. The molecular formula is C15H15F2N. The van der Waals surface area contributed by atoms with E-state index in [4.69, 9.17) is 0 Å². The van der Waals surface area contributed by atoms with Crippen LogP contribution < -0.4 is 5.32 Å². The van der Waals surface area contributed by atoms with Crippen molar-refractivity contribution in [2.75, 3.05) is 5.32 Å². The molecule has 0 amide bonds. The van der Waals surface area contributed by atoms with Crippen LogP contribution in [0.1, 0.15) is 24.1 Å². The molecule has 0 fully saturated rings. The highest BCUT2D eigenvalue weighted by Crippen LogP contribution is 2.23. The van der Waals surface area contributed by atoms with Crippen molar-refractivity contribution >= 4 is 5.69 Å². The molecule has 94 valence electrons. The Balaban J connectivity index is 2.21. The van der Waals surface area contributed by atoms with Crippen LogP contribution in [-0.4, -0.2) is 0 Å². The second kappa shape index (κ2) is 5.17. The summed E-state index contributed by atoms with van der Waals surface area (Å²) in [6.45, 7) is 3.91. The van der Waals surface area contributed by atoms with E-state index < -0.39 is 11.6 Å². The van der Waals surface area contributed by atoms with Gasteiger partial charge in [-0.05, 0) is 31.5 Å². The van der Waals surface area contributed by atoms with Crippen LogP contribution >= 0.6 is 0 Å². The molecule has 0 aliphatic heterocycles. The summed E-state index contributed by atoms with van der Waals surface area (Å²) in [5.74, 6) is -1.67. The van der Waals surface area contributed by atoms with E-state index in [1.807, 2.05) is 38.1 Å². The minimum Gasteiger partial charge on any atom is -0.376 e. The van der Waals surface area contributed by atoms with E-state index in [1.165, 1.54) is 12.1 Å². The molecule has 0 aliphatic carbocycles. The lowest BCUT2D eigenvalue weighted by atomic mass is 10.1. The Bertz CT molecular complexity index is 552. The standard InChI is InChI=1S/C15H15F2N/c1-10-5-3-6-12(9-10)11(2)18-14-8-4-7-13(16)15(14)17/h3-9,11,18H,1-2H3. The third kappa shape index (κ3) is 2.67. The lowest BCUT2D eigenvalue weighted by molar-refractivity contribution is 0.510. The molecule has 1 nitrogen and oxygen atoms in total. The van der Waals surface area contributed by atoms with Crippen molar-refractivity contribution in [1.29, 1.82) is 0 Å². The molecule has 0 aliphatic rings. The molecule has 0 bridgehead atoms. The van der Waals surface area contributed by atoms with Gasteiger partial charge < -0.3 is 5.32 Å². The van der Waals surface area contributed by atoms with E-state index in [9.17, 15) is 8.78 Å². The van der Waals surface area contributed by atoms with Crippen LogP contribution in [0.25, 0.3) is 0 Å². The Kier molecular flexibility index (Phi) is 3.60. The van der Waals surface area contributed by atoms with Gasteiger partial charge in [0.2, 0.25) is 0 Å². The van der Waals surface area contributed by atoms with Crippen LogP contribution in [0.2, 0.25) is 0 Å². The quantitative estimate of drug-likeness (QED) is 0.845. The fourth-order valence-electron chi connectivity index (χ4n) is 1.87. The maximum atomic E-state index is 13.5. The molecule has 1 N–H and O–H groups in total. The van der Waals surface area contributed by atoms with Crippen molar-refractivity contribution in [1.82, 2.24) is 0 Å². The van der Waals surface area contributed by atoms with Gasteiger partial charge in [-0.1, -0.05) is 35.9 Å². The number of halogens is 2. The number of rotatable bonds is 3. The highest BCUT2D eigenvalue weighted by molar-refractivity contribution is 5.47. The topological polar surface area (TPSA) is 12.0 Å². The second-order valence-corrected chi connectivity index (χ2v) is 4.38. The Morgan fingerprint density at radius 3 is 2.50 bits per heavy atom. The average Bonchev–Trinajstić information content (AvgIpc) is 2.35. The molecule has 0 heterocycles. The average molecular weight is 247 g/mol. The number of nitrogens with one attached hydrogen (secondary N) is 1. The molecule has 18 heavy (non-hydrogen) atoms. The van der Waals surface area contributed by atoms with E-state index in [0.29, 0.717) is 0 Å². The van der Waals surface area contributed by atoms with Gasteiger partial charge in [0.25, 0.3) is 0 Å². The molecule has 0 radical (unpaired) electrons. The van der Waals surface area contributed by atoms with Gasteiger partial charge >= 0.3 is 0 Å². The summed E-state index contributed by atoms with van der Waals surface area (Å²) in [7, 11) is 0. The molecule has 2 aromatic rings. The van der Waals surface area contributed by atoms with Crippen molar-refractivity contribution in [3.8, 4) is 0 Å². The van der Waals surface area contributed by atoms with Crippen LogP contribution in [0.15, 0.2) is 42.5 Å². The van der Waals surface area contributed by atoms with Crippen molar-refractivity contribution in [3.05, 3.63) is 65.2 Å². The minimum absolute atomic E-state index is 0.0822. The highest BCUT2D eigenvalue weighted by Gasteiger charge is 2.11. The van der Waals surface area contributed by atoms with Crippen molar-refractivity contribution in [2.24, 2.45) is 0 Å². The fraction of sp³-hybridized carbons (Fsp3) is 0.200. The first kappa shape index (κ1) is 12.6. The maximum absolute atomic E-state index is 13.5. The zero-order chi connectivity index (χ0) is 13.1. The van der Waals surface area contributed by atoms with Crippen LogP contribution in [0.3, 0.4) is 0 Å². The van der Waals surface area contributed by atoms with Crippen molar-refractivity contribution < 1.29 is 8.78 Å². The van der Waals surface area contributed by atoms with E-state index in [0.717, 1.165) is 17.2 Å². The van der Waals surface area contributed by atoms with Gasteiger partial charge in [-0.15, -0.1) is 0 Å². The normalized spacial score (nSPS) is 12.2. The van der Waals surface area contributed by atoms with Crippen LogP contribution in [0, 0.1) is 18.6 Å². The third-order valence-corrected chi connectivity index (χ3v) is 2.87. The zero-order valence-corrected chi connectivity index (χ0v) is 10.4. The largest absolute Gasteiger partial charge is 0.376 e. The summed E-state index contributed by atoms with van der Waals surface area (Å²) in [4.78, 5) is 0. The molecule has 2 aromatic carbocycles. The van der Waals surface area contributed by atoms with E-state index in [1.54, 1.807) is 0 Å². The summed E-state index contributed by atoms with van der Waals surface area (Å²) in [5, 5.41) is 2.98. The van der Waals surface area contributed by atoms with Crippen LogP contribution in [0.5, 0.6) is 0 Å². The van der Waals surface area contributed by atoms with Gasteiger partial charge in [0.15, 0.2) is 11.6 Å². The minimum atomic E-state index is -0.837. The molecule has 0 saturated carbocycles. The summed E-state index contributed by atoms with van der Waals surface area (Å²) < 4.78 is 26.6. The van der Waals surface area contributed by atoms with E-state index >= 15 is 0 Å².